The molecule has 30 heavy (non-hydrogen) atoms. The first-order valence-corrected chi connectivity index (χ1v) is 11.5. The third-order valence-corrected chi connectivity index (χ3v) is 7.33. The summed E-state index contributed by atoms with van der Waals surface area (Å²) < 4.78 is 1.58. The summed E-state index contributed by atoms with van der Waals surface area (Å²) in [5, 5.41) is 5.17. The molecule has 0 radical (unpaired) electrons. The van der Waals surface area contributed by atoms with E-state index in [9.17, 15) is 14.4 Å². The lowest BCUT2D eigenvalue weighted by Crippen LogP contribution is -2.41. The van der Waals surface area contributed by atoms with Gasteiger partial charge in [0.05, 0.1) is 16.3 Å². The number of hydrogen-bond acceptors (Lipinski definition) is 6. The molecule has 3 aromatic rings. The number of urea groups is 1. The van der Waals surface area contributed by atoms with Crippen LogP contribution in [0.5, 0.6) is 0 Å². The van der Waals surface area contributed by atoms with Crippen LogP contribution in [0.2, 0.25) is 0 Å². The molecule has 0 spiro atoms. The zero-order chi connectivity index (χ0) is 21.3. The van der Waals surface area contributed by atoms with Gasteiger partial charge in [-0.15, -0.1) is 11.3 Å². The van der Waals surface area contributed by atoms with Crippen LogP contribution >= 0.6 is 23.1 Å². The van der Waals surface area contributed by atoms with Gasteiger partial charge < -0.3 is 5.32 Å². The zero-order valence-electron chi connectivity index (χ0n) is 16.7. The summed E-state index contributed by atoms with van der Waals surface area (Å²) in [6.45, 7) is 1.69. The van der Waals surface area contributed by atoms with Gasteiger partial charge >= 0.3 is 6.03 Å². The Labute approximate surface area is 181 Å². The molecule has 2 N–H and O–H groups in total. The Hall–Kier alpha value is -2.65. The molecule has 2 aromatic heterocycles. The average molecular weight is 443 g/mol. The highest BCUT2D eigenvalue weighted by Gasteiger charge is 2.25. The number of hydrogen-bond donors (Lipinski definition) is 2. The molecule has 7 nitrogen and oxygen atoms in total. The Morgan fingerprint density at radius 3 is 2.67 bits per heavy atom. The van der Waals surface area contributed by atoms with Crippen LogP contribution in [0.4, 0.5) is 4.79 Å². The van der Waals surface area contributed by atoms with Crippen molar-refractivity contribution in [3.63, 3.8) is 0 Å². The van der Waals surface area contributed by atoms with Crippen LogP contribution in [0, 0.1) is 0 Å². The maximum absolute atomic E-state index is 13.6. The van der Waals surface area contributed by atoms with Gasteiger partial charge in [-0.25, -0.2) is 9.78 Å². The number of aromatic nitrogens is 2. The molecule has 156 valence electrons. The first-order valence-electron chi connectivity index (χ1n) is 9.81. The molecule has 3 amide bonds. The summed E-state index contributed by atoms with van der Waals surface area (Å²) in [6.07, 6.45) is 4.09. The van der Waals surface area contributed by atoms with E-state index >= 15 is 0 Å². The van der Waals surface area contributed by atoms with E-state index in [1.54, 1.807) is 22.8 Å². The fourth-order valence-corrected chi connectivity index (χ4v) is 5.79. The Bertz CT molecular complexity index is 1170. The van der Waals surface area contributed by atoms with Gasteiger partial charge in [0.25, 0.3) is 5.56 Å². The molecule has 1 aliphatic carbocycles. The van der Waals surface area contributed by atoms with Gasteiger partial charge in [0.2, 0.25) is 5.91 Å². The standard InChI is InChI=1S/C21H22N4O3S2/c1-12(17(26)23-20(28)22-2)29-21-24-18-16(14-10-6-7-11-15(14)30-18)19(27)25(21)13-8-4-3-5-9-13/h3-5,8-9,12H,6-7,10-11H2,1-2H3,(H2,22,23,26,28)/t12-/m0/s1. The Morgan fingerprint density at radius 2 is 1.93 bits per heavy atom. The highest BCUT2D eigenvalue weighted by atomic mass is 32.2. The monoisotopic (exact) mass is 442 g/mol. The molecule has 1 aromatic carbocycles. The minimum atomic E-state index is -0.615. The average Bonchev–Trinajstić information content (AvgIpc) is 3.12. The first kappa shape index (κ1) is 20.6. The Kier molecular flexibility index (Phi) is 5.92. The number of thiophene rings is 1. The molecule has 1 aliphatic rings. The lowest BCUT2D eigenvalue weighted by Gasteiger charge is -2.16. The van der Waals surface area contributed by atoms with Crippen LogP contribution in [0.3, 0.4) is 0 Å². The summed E-state index contributed by atoms with van der Waals surface area (Å²) in [5.74, 6) is -0.446. The summed E-state index contributed by atoms with van der Waals surface area (Å²) in [5.41, 5.74) is 1.73. The maximum atomic E-state index is 13.6. The van der Waals surface area contributed by atoms with Crippen LogP contribution in [-0.4, -0.2) is 33.8 Å². The normalized spacial score (nSPS) is 14.2. The van der Waals surface area contributed by atoms with Crippen molar-refractivity contribution >= 4 is 45.3 Å². The lowest BCUT2D eigenvalue weighted by atomic mass is 9.97. The number of amides is 3. The van der Waals surface area contributed by atoms with E-state index in [2.05, 4.69) is 10.6 Å². The van der Waals surface area contributed by atoms with E-state index < -0.39 is 17.2 Å². The second kappa shape index (κ2) is 8.61. The molecule has 0 aliphatic heterocycles. The van der Waals surface area contributed by atoms with Crippen molar-refractivity contribution in [1.29, 1.82) is 0 Å². The summed E-state index contributed by atoms with van der Waals surface area (Å²) in [7, 11) is 1.45. The number of imide groups is 1. The van der Waals surface area contributed by atoms with Crippen LogP contribution in [0.1, 0.15) is 30.2 Å². The second-order valence-corrected chi connectivity index (χ2v) is 9.48. The number of rotatable bonds is 4. The fourth-order valence-electron chi connectivity index (χ4n) is 3.56. The number of fused-ring (bicyclic) bond motifs is 3. The molecule has 0 unspecified atom stereocenters. The van der Waals surface area contributed by atoms with E-state index in [0.717, 1.165) is 36.1 Å². The van der Waals surface area contributed by atoms with E-state index in [4.69, 9.17) is 4.98 Å². The maximum Gasteiger partial charge on any atom is 0.321 e. The SMILES string of the molecule is CNC(=O)NC(=O)[C@H](C)Sc1nc2sc3c(c2c(=O)n1-c1ccccc1)CCCC3. The number of thioether (sulfide) groups is 1. The first-order chi connectivity index (χ1) is 14.5. The molecule has 2 heterocycles. The van der Waals surface area contributed by atoms with Gasteiger partial charge in [0.15, 0.2) is 5.16 Å². The lowest BCUT2D eigenvalue weighted by molar-refractivity contribution is -0.119. The van der Waals surface area contributed by atoms with Gasteiger partial charge in [0, 0.05) is 11.9 Å². The molecule has 0 saturated carbocycles. The van der Waals surface area contributed by atoms with Gasteiger partial charge in [-0.3, -0.25) is 19.5 Å². The zero-order valence-corrected chi connectivity index (χ0v) is 18.4. The van der Waals surface area contributed by atoms with E-state index in [1.165, 1.54) is 23.7 Å². The molecule has 1 atom stereocenters. The third-order valence-electron chi connectivity index (χ3n) is 5.09. The number of para-hydroxylation sites is 1. The van der Waals surface area contributed by atoms with Gasteiger partial charge in [-0.1, -0.05) is 30.0 Å². The van der Waals surface area contributed by atoms with Gasteiger partial charge in [0.1, 0.15) is 4.83 Å². The van der Waals surface area contributed by atoms with Crippen LogP contribution in [0.15, 0.2) is 40.3 Å². The van der Waals surface area contributed by atoms with Crippen LogP contribution < -0.4 is 16.2 Å². The molecule has 0 bridgehead atoms. The van der Waals surface area contributed by atoms with E-state index in [-0.39, 0.29) is 5.56 Å². The number of carbonyl (C=O) groups is 2. The highest BCUT2D eigenvalue weighted by Crippen LogP contribution is 2.35. The topological polar surface area (TPSA) is 93.1 Å². The third kappa shape index (κ3) is 3.87. The van der Waals surface area contributed by atoms with Crippen molar-refractivity contribution in [3.8, 4) is 5.69 Å². The number of nitrogens with zero attached hydrogens (tertiary/aromatic N) is 2. The van der Waals surface area contributed by atoms with Crippen molar-refractivity contribution < 1.29 is 9.59 Å². The van der Waals surface area contributed by atoms with E-state index in [0.29, 0.717) is 16.2 Å². The smallest absolute Gasteiger partial charge is 0.321 e. The number of carbonyl (C=O) groups excluding carboxylic acids is 2. The summed E-state index contributed by atoms with van der Waals surface area (Å²) >= 11 is 2.75. The Balaban J connectivity index is 1.83. The molecule has 4 rings (SSSR count). The molecular formula is C21H22N4O3S2. The van der Waals surface area contributed by atoms with Crippen molar-refractivity contribution in [2.75, 3.05) is 7.05 Å². The van der Waals surface area contributed by atoms with Crippen LogP contribution in [-0.2, 0) is 17.6 Å². The predicted molar refractivity (Wildman–Crippen MR) is 120 cm³/mol. The van der Waals surface area contributed by atoms with Crippen molar-refractivity contribution in [2.45, 2.75) is 43.0 Å². The minimum absolute atomic E-state index is 0.105. The summed E-state index contributed by atoms with van der Waals surface area (Å²) in [4.78, 5) is 44.2. The van der Waals surface area contributed by atoms with Gasteiger partial charge in [-0.2, -0.15) is 0 Å². The number of nitrogens with one attached hydrogen (secondary N) is 2. The second-order valence-electron chi connectivity index (χ2n) is 7.09. The largest absolute Gasteiger partial charge is 0.341 e. The van der Waals surface area contributed by atoms with Crippen LogP contribution in [0.25, 0.3) is 15.9 Å². The van der Waals surface area contributed by atoms with Crippen molar-refractivity contribution in [1.82, 2.24) is 20.2 Å². The van der Waals surface area contributed by atoms with E-state index in [1.807, 2.05) is 30.3 Å². The number of benzene rings is 1. The highest BCUT2D eigenvalue weighted by molar-refractivity contribution is 8.00. The minimum Gasteiger partial charge on any atom is -0.341 e. The molecular weight excluding hydrogens is 420 g/mol. The predicted octanol–water partition coefficient (Wildman–Crippen LogP) is 3.26. The summed E-state index contributed by atoms with van der Waals surface area (Å²) in [6, 6.07) is 8.76. The Morgan fingerprint density at radius 1 is 1.20 bits per heavy atom. The van der Waals surface area contributed by atoms with Crippen molar-refractivity contribution in [2.24, 2.45) is 0 Å². The molecule has 0 fully saturated rings. The van der Waals surface area contributed by atoms with Gasteiger partial charge in [-0.05, 0) is 50.3 Å². The fraction of sp³-hybridized carbons (Fsp3) is 0.333. The molecule has 0 saturated heterocycles. The quantitative estimate of drug-likeness (QED) is 0.478. The van der Waals surface area contributed by atoms with Crippen molar-refractivity contribution in [3.05, 3.63) is 51.1 Å². The molecule has 9 heteroatoms. The number of aryl methyl sites for hydroxylation is 2.